The molecule has 0 fully saturated rings. The standard InChI is InChI=1S/C16H29N5O3/c1-6-17-15(18-8-7-14(22)24-12(2)3)19-11-16(4,23)13-9-20-21(5)10-13/h9-10,12,23H,6-8,11H2,1-5H3,(H2,17,18,19). The molecule has 1 heterocycles. The Hall–Kier alpha value is -2.09. The van der Waals surface area contributed by atoms with Gasteiger partial charge in [0.15, 0.2) is 5.96 Å². The van der Waals surface area contributed by atoms with Crippen LogP contribution in [0, 0.1) is 0 Å². The lowest BCUT2D eigenvalue weighted by Gasteiger charge is -2.20. The maximum atomic E-state index is 11.5. The molecule has 8 nitrogen and oxygen atoms in total. The van der Waals surface area contributed by atoms with Gasteiger partial charge < -0.3 is 20.5 Å². The minimum atomic E-state index is -1.12. The van der Waals surface area contributed by atoms with Gasteiger partial charge in [0.05, 0.1) is 25.3 Å². The topological polar surface area (TPSA) is 101 Å². The summed E-state index contributed by atoms with van der Waals surface area (Å²) in [6.45, 7) is 8.53. The summed E-state index contributed by atoms with van der Waals surface area (Å²) in [6.07, 6.45) is 3.52. The molecule has 3 N–H and O–H groups in total. The smallest absolute Gasteiger partial charge is 0.307 e. The molecular formula is C16H29N5O3. The molecule has 1 atom stereocenters. The second kappa shape index (κ2) is 9.27. The summed E-state index contributed by atoms with van der Waals surface area (Å²) < 4.78 is 6.71. The largest absolute Gasteiger partial charge is 0.463 e. The van der Waals surface area contributed by atoms with Gasteiger partial charge in [0.25, 0.3) is 0 Å². The number of carbonyl (C=O) groups is 1. The van der Waals surface area contributed by atoms with E-state index in [1.807, 2.05) is 20.8 Å². The van der Waals surface area contributed by atoms with Gasteiger partial charge in [-0.1, -0.05) is 0 Å². The first kappa shape index (κ1) is 20.0. The molecule has 0 amide bonds. The summed E-state index contributed by atoms with van der Waals surface area (Å²) in [6, 6.07) is 0. The molecule has 8 heteroatoms. The molecule has 24 heavy (non-hydrogen) atoms. The van der Waals surface area contributed by atoms with Crippen LogP contribution in [0.3, 0.4) is 0 Å². The van der Waals surface area contributed by atoms with Gasteiger partial charge in [0, 0.05) is 31.9 Å². The molecule has 136 valence electrons. The summed E-state index contributed by atoms with van der Waals surface area (Å²) in [4.78, 5) is 15.9. The SMILES string of the molecule is CCNC(=NCC(C)(O)c1cnn(C)c1)NCCC(=O)OC(C)C. The molecule has 0 saturated heterocycles. The van der Waals surface area contributed by atoms with Gasteiger partial charge in [0.1, 0.15) is 5.60 Å². The number of aromatic nitrogens is 2. The minimum Gasteiger partial charge on any atom is -0.463 e. The van der Waals surface area contributed by atoms with E-state index in [0.717, 1.165) is 0 Å². The second-order valence-electron chi connectivity index (χ2n) is 6.09. The van der Waals surface area contributed by atoms with Crippen LogP contribution in [-0.4, -0.2) is 52.6 Å². The minimum absolute atomic E-state index is 0.117. The number of ether oxygens (including phenoxy) is 1. The van der Waals surface area contributed by atoms with Crippen molar-refractivity contribution < 1.29 is 14.6 Å². The molecule has 0 spiro atoms. The van der Waals surface area contributed by atoms with Gasteiger partial charge >= 0.3 is 5.97 Å². The Morgan fingerprint density at radius 2 is 2.21 bits per heavy atom. The summed E-state index contributed by atoms with van der Waals surface area (Å²) >= 11 is 0. The van der Waals surface area contributed by atoms with Crippen molar-refractivity contribution in [3.05, 3.63) is 18.0 Å². The zero-order valence-corrected chi connectivity index (χ0v) is 15.2. The maximum absolute atomic E-state index is 11.5. The van der Waals surface area contributed by atoms with Crippen molar-refractivity contribution in [1.29, 1.82) is 0 Å². The third-order valence-electron chi connectivity index (χ3n) is 3.20. The highest BCUT2D eigenvalue weighted by molar-refractivity contribution is 5.80. The van der Waals surface area contributed by atoms with Gasteiger partial charge in [0.2, 0.25) is 0 Å². The quantitative estimate of drug-likeness (QED) is 0.363. The first-order valence-corrected chi connectivity index (χ1v) is 8.17. The summed E-state index contributed by atoms with van der Waals surface area (Å²) in [5, 5.41) is 20.7. The van der Waals surface area contributed by atoms with E-state index in [1.54, 1.807) is 31.0 Å². The van der Waals surface area contributed by atoms with Crippen LogP contribution in [-0.2, 0) is 22.2 Å². The Morgan fingerprint density at radius 3 is 2.75 bits per heavy atom. The number of nitrogens with one attached hydrogen (secondary N) is 2. The van der Waals surface area contributed by atoms with Crippen LogP contribution in [0.15, 0.2) is 17.4 Å². The fourth-order valence-electron chi connectivity index (χ4n) is 1.97. The number of nitrogens with zero attached hydrogens (tertiary/aromatic N) is 3. The van der Waals surface area contributed by atoms with Crippen molar-refractivity contribution >= 4 is 11.9 Å². The van der Waals surface area contributed by atoms with Crippen LogP contribution in [0.2, 0.25) is 0 Å². The van der Waals surface area contributed by atoms with E-state index >= 15 is 0 Å². The van der Waals surface area contributed by atoms with E-state index in [4.69, 9.17) is 4.74 Å². The second-order valence-corrected chi connectivity index (χ2v) is 6.09. The fraction of sp³-hybridized carbons (Fsp3) is 0.688. The monoisotopic (exact) mass is 339 g/mol. The number of rotatable bonds is 8. The Bertz CT molecular complexity index is 552. The average molecular weight is 339 g/mol. The van der Waals surface area contributed by atoms with Crippen LogP contribution in [0.4, 0.5) is 0 Å². The molecule has 1 rings (SSSR count). The lowest BCUT2D eigenvalue weighted by molar-refractivity contribution is -0.147. The van der Waals surface area contributed by atoms with Crippen molar-refractivity contribution in [2.24, 2.45) is 12.0 Å². The van der Waals surface area contributed by atoms with Gasteiger partial charge in [-0.2, -0.15) is 5.10 Å². The predicted molar refractivity (Wildman–Crippen MR) is 92.6 cm³/mol. The zero-order chi connectivity index (χ0) is 18.2. The third kappa shape index (κ3) is 6.99. The van der Waals surface area contributed by atoms with Crippen LogP contribution >= 0.6 is 0 Å². The lowest BCUT2D eigenvalue weighted by atomic mass is 10.0. The number of aryl methyl sites for hydroxylation is 1. The first-order valence-electron chi connectivity index (χ1n) is 8.17. The maximum Gasteiger partial charge on any atom is 0.307 e. The number of carbonyl (C=O) groups excluding carboxylic acids is 1. The summed E-state index contributed by atoms with van der Waals surface area (Å²) in [5.41, 5.74) is -0.419. The molecule has 0 bridgehead atoms. The molecule has 0 aromatic carbocycles. The van der Waals surface area contributed by atoms with E-state index in [9.17, 15) is 9.90 Å². The van der Waals surface area contributed by atoms with Crippen molar-refractivity contribution in [3.8, 4) is 0 Å². The molecule has 0 aliphatic rings. The van der Waals surface area contributed by atoms with Crippen LogP contribution in [0.25, 0.3) is 0 Å². The van der Waals surface area contributed by atoms with Crippen molar-refractivity contribution in [2.45, 2.75) is 45.8 Å². The summed E-state index contributed by atoms with van der Waals surface area (Å²) in [7, 11) is 1.80. The van der Waals surface area contributed by atoms with Gasteiger partial charge in [-0.15, -0.1) is 0 Å². The number of esters is 1. The molecular weight excluding hydrogens is 310 g/mol. The summed E-state index contributed by atoms with van der Waals surface area (Å²) in [5.74, 6) is 0.287. The Balaban J connectivity index is 2.57. The Labute approximate surface area is 143 Å². The zero-order valence-electron chi connectivity index (χ0n) is 15.2. The van der Waals surface area contributed by atoms with E-state index in [-0.39, 0.29) is 25.0 Å². The molecule has 0 saturated carbocycles. The first-order chi connectivity index (χ1) is 11.2. The molecule has 1 aromatic rings. The highest BCUT2D eigenvalue weighted by atomic mass is 16.5. The Morgan fingerprint density at radius 1 is 1.50 bits per heavy atom. The number of guanidine groups is 1. The number of aliphatic hydroxyl groups is 1. The Kier molecular flexibility index (Phi) is 7.70. The van der Waals surface area contributed by atoms with Crippen molar-refractivity contribution in [3.63, 3.8) is 0 Å². The predicted octanol–water partition coefficient (Wildman–Crippen LogP) is 0.524. The van der Waals surface area contributed by atoms with Gasteiger partial charge in [-0.05, 0) is 27.7 Å². The normalized spacial score (nSPS) is 14.4. The number of aliphatic imine (C=N–C) groups is 1. The molecule has 0 radical (unpaired) electrons. The highest BCUT2D eigenvalue weighted by Crippen LogP contribution is 2.19. The van der Waals surface area contributed by atoms with E-state index in [1.165, 1.54) is 0 Å². The van der Waals surface area contributed by atoms with Crippen LogP contribution in [0.5, 0.6) is 0 Å². The lowest BCUT2D eigenvalue weighted by Crippen LogP contribution is -2.39. The van der Waals surface area contributed by atoms with E-state index in [0.29, 0.717) is 24.6 Å². The molecule has 0 aliphatic heterocycles. The van der Waals surface area contributed by atoms with Crippen molar-refractivity contribution in [1.82, 2.24) is 20.4 Å². The molecule has 0 aliphatic carbocycles. The van der Waals surface area contributed by atoms with E-state index in [2.05, 4.69) is 20.7 Å². The molecule has 1 aromatic heterocycles. The van der Waals surface area contributed by atoms with Crippen molar-refractivity contribution in [2.75, 3.05) is 19.6 Å². The third-order valence-corrected chi connectivity index (χ3v) is 3.20. The average Bonchev–Trinajstić information content (AvgIpc) is 2.91. The van der Waals surface area contributed by atoms with Gasteiger partial charge in [-0.3, -0.25) is 9.48 Å². The van der Waals surface area contributed by atoms with Crippen LogP contribution < -0.4 is 10.6 Å². The van der Waals surface area contributed by atoms with E-state index < -0.39 is 5.60 Å². The molecule has 1 unspecified atom stereocenters. The van der Waals surface area contributed by atoms with Gasteiger partial charge in [-0.25, -0.2) is 4.99 Å². The number of hydrogen-bond acceptors (Lipinski definition) is 5. The highest BCUT2D eigenvalue weighted by Gasteiger charge is 2.24. The number of hydrogen-bond donors (Lipinski definition) is 3. The van der Waals surface area contributed by atoms with Crippen LogP contribution in [0.1, 0.15) is 39.7 Å². The fourth-order valence-corrected chi connectivity index (χ4v) is 1.97.